The standard InChI is InChI=1S/C14H16FNO2S2/c1-10-4-9-14(19-10)20(17,18)16(3)11(2)12-5-7-13(15)8-6-12/h4-9,11H,1-3H3. The Morgan fingerprint density at radius 3 is 2.25 bits per heavy atom. The van der Waals surface area contributed by atoms with Crippen molar-refractivity contribution >= 4 is 21.4 Å². The van der Waals surface area contributed by atoms with Gasteiger partial charge in [0.1, 0.15) is 10.0 Å². The summed E-state index contributed by atoms with van der Waals surface area (Å²) in [4.78, 5) is 0.950. The van der Waals surface area contributed by atoms with Crippen molar-refractivity contribution in [1.29, 1.82) is 0 Å². The van der Waals surface area contributed by atoms with Crippen LogP contribution in [-0.2, 0) is 10.0 Å². The summed E-state index contributed by atoms with van der Waals surface area (Å²) in [7, 11) is -1.98. The van der Waals surface area contributed by atoms with Gasteiger partial charge in [0, 0.05) is 18.0 Å². The molecule has 0 radical (unpaired) electrons. The molecule has 2 aromatic rings. The van der Waals surface area contributed by atoms with E-state index in [0.29, 0.717) is 4.21 Å². The van der Waals surface area contributed by atoms with E-state index in [-0.39, 0.29) is 11.9 Å². The molecule has 0 N–H and O–H groups in total. The zero-order valence-electron chi connectivity index (χ0n) is 11.5. The molecule has 2 rings (SSSR count). The van der Waals surface area contributed by atoms with E-state index in [2.05, 4.69) is 0 Å². The first-order chi connectivity index (χ1) is 9.32. The van der Waals surface area contributed by atoms with Crippen LogP contribution in [0.15, 0.2) is 40.6 Å². The summed E-state index contributed by atoms with van der Waals surface area (Å²) in [6, 6.07) is 8.92. The lowest BCUT2D eigenvalue weighted by Gasteiger charge is -2.24. The predicted molar refractivity (Wildman–Crippen MR) is 78.8 cm³/mol. The molecule has 1 aromatic heterocycles. The summed E-state index contributed by atoms with van der Waals surface area (Å²) >= 11 is 1.25. The van der Waals surface area contributed by atoms with Crippen LogP contribution in [-0.4, -0.2) is 19.8 Å². The highest BCUT2D eigenvalue weighted by Gasteiger charge is 2.27. The maximum Gasteiger partial charge on any atom is 0.252 e. The minimum Gasteiger partial charge on any atom is -0.207 e. The van der Waals surface area contributed by atoms with Gasteiger partial charge in [0.2, 0.25) is 0 Å². The fourth-order valence-electron chi connectivity index (χ4n) is 1.85. The molecule has 0 amide bonds. The van der Waals surface area contributed by atoms with E-state index in [4.69, 9.17) is 0 Å². The molecule has 0 aliphatic carbocycles. The second-order valence-electron chi connectivity index (χ2n) is 4.61. The molecule has 108 valence electrons. The maximum absolute atomic E-state index is 12.9. The van der Waals surface area contributed by atoms with Crippen molar-refractivity contribution in [3.8, 4) is 0 Å². The van der Waals surface area contributed by atoms with Gasteiger partial charge in [-0.15, -0.1) is 11.3 Å². The first-order valence-corrected chi connectivity index (χ1v) is 8.38. The van der Waals surface area contributed by atoms with Crippen LogP contribution in [0.5, 0.6) is 0 Å². The van der Waals surface area contributed by atoms with Crippen LogP contribution in [0.1, 0.15) is 23.4 Å². The number of aryl methyl sites for hydroxylation is 1. The zero-order chi connectivity index (χ0) is 14.9. The second kappa shape index (κ2) is 5.63. The lowest BCUT2D eigenvalue weighted by Crippen LogP contribution is -2.29. The van der Waals surface area contributed by atoms with Gasteiger partial charge in [0.15, 0.2) is 0 Å². The zero-order valence-corrected chi connectivity index (χ0v) is 13.1. The minimum absolute atomic E-state index is 0.325. The molecular weight excluding hydrogens is 297 g/mol. The lowest BCUT2D eigenvalue weighted by atomic mass is 10.1. The Labute approximate surface area is 122 Å². The fourth-order valence-corrected chi connectivity index (χ4v) is 4.67. The molecule has 1 unspecified atom stereocenters. The van der Waals surface area contributed by atoms with E-state index < -0.39 is 10.0 Å². The van der Waals surface area contributed by atoms with Gasteiger partial charge in [-0.05, 0) is 43.7 Å². The van der Waals surface area contributed by atoms with Crippen LogP contribution >= 0.6 is 11.3 Å². The molecule has 20 heavy (non-hydrogen) atoms. The van der Waals surface area contributed by atoms with Crippen molar-refractivity contribution in [1.82, 2.24) is 4.31 Å². The third-order valence-electron chi connectivity index (χ3n) is 3.25. The van der Waals surface area contributed by atoms with Crippen molar-refractivity contribution < 1.29 is 12.8 Å². The van der Waals surface area contributed by atoms with E-state index in [1.807, 2.05) is 6.92 Å². The molecule has 1 atom stereocenters. The van der Waals surface area contributed by atoms with Gasteiger partial charge in [-0.3, -0.25) is 0 Å². The Morgan fingerprint density at radius 1 is 1.15 bits per heavy atom. The third kappa shape index (κ3) is 2.92. The second-order valence-corrected chi connectivity index (χ2v) is 8.13. The molecule has 0 bridgehead atoms. The molecule has 1 aromatic carbocycles. The molecule has 0 saturated heterocycles. The van der Waals surface area contributed by atoms with Gasteiger partial charge in [0.25, 0.3) is 10.0 Å². The van der Waals surface area contributed by atoms with Crippen LogP contribution in [0.25, 0.3) is 0 Å². The number of nitrogens with zero attached hydrogens (tertiary/aromatic N) is 1. The van der Waals surface area contributed by atoms with Crippen molar-refractivity contribution in [3.63, 3.8) is 0 Å². The largest absolute Gasteiger partial charge is 0.252 e. The quantitative estimate of drug-likeness (QED) is 0.865. The molecule has 0 aliphatic heterocycles. The van der Waals surface area contributed by atoms with Gasteiger partial charge in [0.05, 0.1) is 0 Å². The fraction of sp³-hybridized carbons (Fsp3) is 0.286. The van der Waals surface area contributed by atoms with E-state index in [1.54, 1.807) is 38.2 Å². The topological polar surface area (TPSA) is 37.4 Å². The van der Waals surface area contributed by atoms with E-state index >= 15 is 0 Å². The Kier molecular flexibility index (Phi) is 4.27. The summed E-state index contributed by atoms with van der Waals surface area (Å²) in [5, 5.41) is 0. The Hall–Kier alpha value is -1.24. The number of hydrogen-bond acceptors (Lipinski definition) is 3. The van der Waals surface area contributed by atoms with E-state index in [9.17, 15) is 12.8 Å². The first kappa shape index (κ1) is 15.2. The molecule has 0 saturated carbocycles. The van der Waals surface area contributed by atoms with Crippen LogP contribution in [0.3, 0.4) is 0 Å². The molecule has 0 spiro atoms. The van der Waals surface area contributed by atoms with Crippen molar-refractivity contribution in [3.05, 3.63) is 52.7 Å². The van der Waals surface area contributed by atoms with Crippen molar-refractivity contribution in [2.24, 2.45) is 0 Å². The monoisotopic (exact) mass is 313 g/mol. The molecular formula is C14H16FNO2S2. The Balaban J connectivity index is 2.30. The average molecular weight is 313 g/mol. The van der Waals surface area contributed by atoms with Gasteiger partial charge in [-0.2, -0.15) is 4.31 Å². The van der Waals surface area contributed by atoms with Crippen LogP contribution in [0.4, 0.5) is 4.39 Å². The summed E-state index contributed by atoms with van der Waals surface area (Å²) < 4.78 is 39.5. The van der Waals surface area contributed by atoms with E-state index in [1.165, 1.54) is 27.8 Å². The van der Waals surface area contributed by atoms with Gasteiger partial charge >= 0.3 is 0 Å². The summed E-state index contributed by atoms with van der Waals surface area (Å²) in [6.45, 7) is 3.65. The highest BCUT2D eigenvalue weighted by Crippen LogP contribution is 2.29. The number of rotatable bonds is 4. The van der Waals surface area contributed by atoms with Crippen molar-refractivity contribution in [2.75, 3.05) is 7.05 Å². The highest BCUT2D eigenvalue weighted by molar-refractivity contribution is 7.91. The van der Waals surface area contributed by atoms with Gasteiger partial charge in [-0.25, -0.2) is 12.8 Å². The van der Waals surface area contributed by atoms with Crippen LogP contribution in [0.2, 0.25) is 0 Å². The summed E-state index contributed by atoms with van der Waals surface area (Å²) in [5.74, 6) is -0.333. The van der Waals surface area contributed by atoms with Crippen molar-refractivity contribution in [2.45, 2.75) is 24.1 Å². The molecule has 0 fully saturated rings. The first-order valence-electron chi connectivity index (χ1n) is 6.12. The van der Waals surface area contributed by atoms with E-state index in [0.717, 1.165) is 10.4 Å². The summed E-state index contributed by atoms with van der Waals surface area (Å²) in [6.07, 6.45) is 0. The van der Waals surface area contributed by atoms with Gasteiger partial charge in [-0.1, -0.05) is 12.1 Å². The Bertz CT molecular complexity index is 692. The molecule has 0 aliphatic rings. The average Bonchev–Trinajstić information content (AvgIpc) is 2.85. The normalized spacial score (nSPS) is 13.7. The number of hydrogen-bond donors (Lipinski definition) is 0. The van der Waals surface area contributed by atoms with Crippen LogP contribution < -0.4 is 0 Å². The third-order valence-corrected chi connectivity index (χ3v) is 6.64. The highest BCUT2D eigenvalue weighted by atomic mass is 32.2. The number of halogens is 1. The smallest absolute Gasteiger partial charge is 0.207 e. The SMILES string of the molecule is Cc1ccc(S(=O)(=O)N(C)C(C)c2ccc(F)cc2)s1. The molecule has 1 heterocycles. The summed E-state index contributed by atoms with van der Waals surface area (Å²) in [5.41, 5.74) is 0.755. The number of benzene rings is 1. The lowest BCUT2D eigenvalue weighted by molar-refractivity contribution is 0.399. The predicted octanol–water partition coefficient (Wildman–Crippen LogP) is 3.58. The molecule has 3 nitrogen and oxygen atoms in total. The molecule has 6 heteroatoms. The Morgan fingerprint density at radius 2 is 1.75 bits per heavy atom. The number of sulfonamides is 1. The van der Waals surface area contributed by atoms with Gasteiger partial charge < -0.3 is 0 Å². The number of thiophene rings is 1. The van der Waals surface area contributed by atoms with Crippen LogP contribution in [0, 0.1) is 12.7 Å². The maximum atomic E-state index is 12.9. The minimum atomic E-state index is -3.52.